The molecular formula is C26H29NO5. The van der Waals surface area contributed by atoms with Gasteiger partial charge >= 0.3 is 5.97 Å². The molecule has 0 bridgehead atoms. The highest BCUT2D eigenvalue weighted by Crippen LogP contribution is 2.54. The lowest BCUT2D eigenvalue weighted by Crippen LogP contribution is -2.53. The summed E-state index contributed by atoms with van der Waals surface area (Å²) in [6.07, 6.45) is 4.83. The lowest BCUT2D eigenvalue weighted by atomic mass is 9.74. The molecule has 5 rings (SSSR count). The first-order valence-electron chi connectivity index (χ1n) is 11.2. The van der Waals surface area contributed by atoms with E-state index < -0.39 is 11.6 Å². The number of hydrogen-bond donors (Lipinski definition) is 2. The first-order chi connectivity index (χ1) is 15.3. The van der Waals surface area contributed by atoms with Crippen LogP contribution in [0.5, 0.6) is 11.5 Å². The van der Waals surface area contributed by atoms with Gasteiger partial charge in [0.1, 0.15) is 5.60 Å². The molecule has 0 aliphatic carbocycles. The first-order valence-corrected chi connectivity index (χ1v) is 11.2. The fourth-order valence-corrected chi connectivity index (χ4v) is 5.50. The summed E-state index contributed by atoms with van der Waals surface area (Å²) in [4.78, 5) is 13.2. The number of nitrogens with zero attached hydrogens (tertiary/aromatic N) is 1. The highest BCUT2D eigenvalue weighted by atomic mass is 16.5. The molecule has 2 saturated heterocycles. The Morgan fingerprint density at radius 2 is 2.00 bits per heavy atom. The maximum absolute atomic E-state index is 10.7. The lowest BCUT2D eigenvalue weighted by molar-refractivity contribution is -0.163. The number of benzene rings is 2. The van der Waals surface area contributed by atoms with E-state index in [9.17, 15) is 9.90 Å². The van der Waals surface area contributed by atoms with Gasteiger partial charge in [-0.3, -0.25) is 4.90 Å². The number of rotatable bonds is 4. The number of likely N-dealkylation sites (tertiary alicyclic amines) is 1. The third-order valence-corrected chi connectivity index (χ3v) is 7.15. The van der Waals surface area contributed by atoms with Crippen LogP contribution < -0.4 is 4.74 Å². The van der Waals surface area contributed by atoms with Crippen molar-refractivity contribution >= 4 is 12.0 Å². The van der Waals surface area contributed by atoms with Crippen LogP contribution in [-0.4, -0.2) is 45.4 Å². The molecule has 2 N–H and O–H groups in total. The number of aliphatic carboxylic acids is 1. The minimum absolute atomic E-state index is 0.0673. The van der Waals surface area contributed by atoms with Gasteiger partial charge in [-0.2, -0.15) is 0 Å². The van der Waals surface area contributed by atoms with E-state index in [-0.39, 0.29) is 23.9 Å². The number of fused-ring (bicyclic) bond motifs is 4. The van der Waals surface area contributed by atoms with Crippen molar-refractivity contribution in [2.24, 2.45) is 5.92 Å². The average Bonchev–Trinajstić information content (AvgIpc) is 3.15. The number of ether oxygens (including phenoxy) is 2. The van der Waals surface area contributed by atoms with Gasteiger partial charge in [-0.1, -0.05) is 36.4 Å². The van der Waals surface area contributed by atoms with Crippen LogP contribution >= 0.6 is 0 Å². The Morgan fingerprint density at radius 3 is 2.75 bits per heavy atom. The van der Waals surface area contributed by atoms with Crippen molar-refractivity contribution in [2.75, 3.05) is 6.54 Å². The molecule has 0 spiro atoms. The zero-order valence-corrected chi connectivity index (χ0v) is 18.4. The standard InChI is InChI=1S/C26H29NO5/c1-26(2)19-14-20-22(31-24(19)18-4-3-5-21(28)25(18)32-26)12-13-27(20)15-17-8-6-16(7-9-17)10-11-23(29)30/h3-11,19-20,22,24,28H,12-15H2,1-2H3,(H,29,30)/b11-10+/t19-,20-,22-,24+/m0/s1. The quantitative estimate of drug-likeness (QED) is 0.694. The Labute approximate surface area is 188 Å². The van der Waals surface area contributed by atoms with E-state index in [0.717, 1.165) is 43.1 Å². The van der Waals surface area contributed by atoms with Crippen LogP contribution in [0.15, 0.2) is 48.5 Å². The van der Waals surface area contributed by atoms with Gasteiger partial charge in [-0.15, -0.1) is 0 Å². The predicted octanol–water partition coefficient (Wildman–Crippen LogP) is 4.38. The fourth-order valence-electron chi connectivity index (χ4n) is 5.50. The monoisotopic (exact) mass is 435 g/mol. The molecule has 3 aliphatic heterocycles. The molecule has 3 aliphatic rings. The lowest BCUT2D eigenvalue weighted by Gasteiger charge is -2.50. The molecule has 2 aromatic carbocycles. The minimum Gasteiger partial charge on any atom is -0.504 e. The van der Waals surface area contributed by atoms with Gasteiger partial charge in [0.25, 0.3) is 0 Å². The summed E-state index contributed by atoms with van der Waals surface area (Å²) in [6.45, 7) is 5.99. The molecule has 6 nitrogen and oxygen atoms in total. The Hall–Kier alpha value is -2.83. The first kappa shape index (κ1) is 21.0. The van der Waals surface area contributed by atoms with Crippen LogP contribution in [0, 0.1) is 5.92 Å². The number of aromatic hydroxyl groups is 1. The SMILES string of the molecule is CC1(C)Oc2c(O)cccc2[C@H]2O[C@H]3CCN(Cc4ccc(/C=C/C(=O)O)cc4)[C@H]3C[C@@H]21. The van der Waals surface area contributed by atoms with Crippen LogP contribution in [0.3, 0.4) is 0 Å². The van der Waals surface area contributed by atoms with E-state index in [2.05, 4.69) is 30.9 Å². The second-order valence-electron chi connectivity index (χ2n) is 9.58. The van der Waals surface area contributed by atoms with Crippen LogP contribution in [0.4, 0.5) is 0 Å². The minimum atomic E-state index is -0.944. The van der Waals surface area contributed by atoms with E-state index in [1.165, 1.54) is 5.56 Å². The van der Waals surface area contributed by atoms with E-state index in [4.69, 9.17) is 14.6 Å². The maximum Gasteiger partial charge on any atom is 0.328 e. The van der Waals surface area contributed by atoms with Crippen molar-refractivity contribution < 1.29 is 24.5 Å². The molecule has 32 heavy (non-hydrogen) atoms. The van der Waals surface area contributed by atoms with E-state index >= 15 is 0 Å². The van der Waals surface area contributed by atoms with E-state index in [1.807, 2.05) is 24.3 Å². The zero-order valence-electron chi connectivity index (χ0n) is 18.4. The Bertz CT molecular complexity index is 1040. The Kier molecular flexibility index (Phi) is 5.22. The van der Waals surface area contributed by atoms with Crippen molar-refractivity contribution in [3.8, 4) is 11.5 Å². The maximum atomic E-state index is 10.7. The molecule has 2 aromatic rings. The molecule has 0 aromatic heterocycles. The third kappa shape index (κ3) is 3.78. The topological polar surface area (TPSA) is 79.2 Å². The van der Waals surface area contributed by atoms with Gasteiger partial charge in [0, 0.05) is 36.7 Å². The summed E-state index contributed by atoms with van der Waals surface area (Å²) >= 11 is 0. The van der Waals surface area contributed by atoms with Crippen molar-refractivity contribution in [1.29, 1.82) is 0 Å². The Balaban J connectivity index is 1.33. The summed E-state index contributed by atoms with van der Waals surface area (Å²) in [7, 11) is 0. The molecule has 0 amide bonds. The molecule has 2 fully saturated rings. The van der Waals surface area contributed by atoms with Crippen LogP contribution in [-0.2, 0) is 16.1 Å². The summed E-state index contributed by atoms with van der Waals surface area (Å²) in [6, 6.07) is 13.9. The van der Waals surface area contributed by atoms with Crippen LogP contribution in [0.25, 0.3) is 6.08 Å². The number of para-hydroxylation sites is 1. The molecule has 3 heterocycles. The normalized spacial score (nSPS) is 28.6. The highest BCUT2D eigenvalue weighted by molar-refractivity contribution is 5.85. The average molecular weight is 436 g/mol. The molecule has 0 radical (unpaired) electrons. The largest absolute Gasteiger partial charge is 0.504 e. The molecule has 6 heteroatoms. The Morgan fingerprint density at radius 1 is 1.22 bits per heavy atom. The summed E-state index contributed by atoms with van der Waals surface area (Å²) in [5.74, 6) is -0.0130. The molecule has 0 saturated carbocycles. The van der Waals surface area contributed by atoms with Gasteiger partial charge in [0.2, 0.25) is 0 Å². The number of carbonyl (C=O) groups is 1. The highest BCUT2D eigenvalue weighted by Gasteiger charge is 2.53. The number of phenols is 1. The molecule has 0 unspecified atom stereocenters. The van der Waals surface area contributed by atoms with Crippen molar-refractivity contribution in [3.63, 3.8) is 0 Å². The van der Waals surface area contributed by atoms with Gasteiger partial charge in [-0.05, 0) is 50.0 Å². The second-order valence-corrected chi connectivity index (χ2v) is 9.58. The van der Waals surface area contributed by atoms with Gasteiger partial charge in [0.05, 0.1) is 12.2 Å². The number of hydrogen-bond acceptors (Lipinski definition) is 5. The van der Waals surface area contributed by atoms with Crippen LogP contribution in [0.1, 0.15) is 49.5 Å². The van der Waals surface area contributed by atoms with Gasteiger partial charge < -0.3 is 19.7 Å². The number of carboxylic acids is 1. The smallest absolute Gasteiger partial charge is 0.328 e. The van der Waals surface area contributed by atoms with Crippen molar-refractivity contribution in [3.05, 3.63) is 65.2 Å². The van der Waals surface area contributed by atoms with Gasteiger partial charge in [0.15, 0.2) is 11.5 Å². The molecular weight excluding hydrogens is 406 g/mol. The summed E-state index contributed by atoms with van der Waals surface area (Å²) < 4.78 is 13.0. The van der Waals surface area contributed by atoms with Crippen molar-refractivity contribution in [1.82, 2.24) is 4.90 Å². The molecule has 4 atom stereocenters. The summed E-state index contributed by atoms with van der Waals surface area (Å²) in [5, 5.41) is 19.1. The zero-order chi connectivity index (χ0) is 22.5. The fraction of sp³-hybridized carbons (Fsp3) is 0.423. The third-order valence-electron chi connectivity index (χ3n) is 7.15. The van der Waals surface area contributed by atoms with E-state index in [0.29, 0.717) is 11.8 Å². The number of carboxylic acid groups (broad SMARTS) is 1. The number of phenolic OH excluding ortho intramolecular Hbond substituents is 1. The predicted molar refractivity (Wildman–Crippen MR) is 120 cm³/mol. The van der Waals surface area contributed by atoms with E-state index in [1.54, 1.807) is 12.1 Å². The van der Waals surface area contributed by atoms with Gasteiger partial charge in [-0.25, -0.2) is 4.79 Å². The van der Waals surface area contributed by atoms with Crippen LogP contribution in [0.2, 0.25) is 0 Å². The molecule has 168 valence electrons. The summed E-state index contributed by atoms with van der Waals surface area (Å²) in [5.41, 5.74) is 2.60. The van der Waals surface area contributed by atoms with Crippen molar-refractivity contribution in [2.45, 2.75) is 57.1 Å². The second kappa shape index (κ2) is 7.94.